The van der Waals surface area contributed by atoms with Crippen molar-refractivity contribution in [1.29, 1.82) is 0 Å². The molecule has 0 aliphatic carbocycles. The van der Waals surface area contributed by atoms with Crippen LogP contribution in [0, 0.1) is 20.8 Å². The summed E-state index contributed by atoms with van der Waals surface area (Å²) in [5.74, 6) is 2.61. The molecule has 0 radical (unpaired) electrons. The summed E-state index contributed by atoms with van der Waals surface area (Å²) in [4.78, 5) is 26.4. The Balaban J connectivity index is 1.62. The van der Waals surface area contributed by atoms with Gasteiger partial charge in [-0.15, -0.1) is 0 Å². The van der Waals surface area contributed by atoms with Crippen molar-refractivity contribution in [3.8, 4) is 17.4 Å². The maximum Gasteiger partial charge on any atom is 0.239 e. The summed E-state index contributed by atoms with van der Waals surface area (Å²) in [7, 11) is 4.09. The Bertz CT molecular complexity index is 1090. The Hall–Kier alpha value is -3.04. The molecule has 31 heavy (non-hydrogen) atoms. The van der Waals surface area contributed by atoms with Gasteiger partial charge in [-0.1, -0.05) is 0 Å². The number of anilines is 1. The molecule has 1 fully saturated rings. The quantitative estimate of drug-likeness (QED) is 0.652. The molecule has 4 heterocycles. The summed E-state index contributed by atoms with van der Waals surface area (Å²) >= 11 is 0. The highest BCUT2D eigenvalue weighted by Crippen LogP contribution is 2.23. The van der Waals surface area contributed by atoms with Crippen molar-refractivity contribution in [1.82, 2.24) is 29.5 Å². The van der Waals surface area contributed by atoms with Crippen molar-refractivity contribution < 1.29 is 9.21 Å². The second-order valence-electron chi connectivity index (χ2n) is 8.29. The molecule has 1 atom stereocenters. The third-order valence-corrected chi connectivity index (χ3v) is 5.44. The van der Waals surface area contributed by atoms with E-state index in [1.54, 1.807) is 10.7 Å². The monoisotopic (exact) mass is 423 g/mol. The van der Waals surface area contributed by atoms with E-state index < -0.39 is 0 Å². The first-order valence-electron chi connectivity index (χ1n) is 10.5. The number of hydrogen-bond acceptors (Lipinski definition) is 7. The molecular weight excluding hydrogens is 394 g/mol. The van der Waals surface area contributed by atoms with Gasteiger partial charge in [0.2, 0.25) is 5.91 Å². The van der Waals surface area contributed by atoms with Crippen LogP contribution in [0.15, 0.2) is 28.7 Å². The van der Waals surface area contributed by atoms with Gasteiger partial charge in [-0.25, -0.2) is 14.6 Å². The third kappa shape index (κ3) is 4.67. The zero-order valence-electron chi connectivity index (χ0n) is 18.7. The molecule has 1 aliphatic heterocycles. The van der Waals surface area contributed by atoms with E-state index in [-0.39, 0.29) is 12.1 Å². The van der Waals surface area contributed by atoms with E-state index in [1.807, 2.05) is 53.1 Å². The number of likely N-dealkylation sites (tertiary alicyclic amines) is 1. The Morgan fingerprint density at radius 2 is 2.03 bits per heavy atom. The van der Waals surface area contributed by atoms with Gasteiger partial charge in [-0.2, -0.15) is 5.10 Å². The average Bonchev–Trinajstić information content (AvgIpc) is 3.41. The number of nitrogens with zero attached hydrogens (tertiary/aromatic N) is 6. The maximum atomic E-state index is 12.8. The van der Waals surface area contributed by atoms with E-state index in [4.69, 9.17) is 4.42 Å². The van der Waals surface area contributed by atoms with Crippen LogP contribution in [0.3, 0.4) is 0 Å². The van der Waals surface area contributed by atoms with Crippen molar-refractivity contribution in [2.75, 3.05) is 32.5 Å². The van der Waals surface area contributed by atoms with Crippen LogP contribution in [0.4, 0.5) is 5.82 Å². The lowest BCUT2D eigenvalue weighted by Crippen LogP contribution is -2.44. The van der Waals surface area contributed by atoms with Gasteiger partial charge >= 0.3 is 0 Å². The van der Waals surface area contributed by atoms with Gasteiger partial charge in [-0.3, -0.25) is 14.6 Å². The highest BCUT2D eigenvalue weighted by molar-refractivity contribution is 5.91. The fourth-order valence-electron chi connectivity index (χ4n) is 4.08. The predicted octanol–water partition coefficient (Wildman–Crippen LogP) is 2.77. The van der Waals surface area contributed by atoms with E-state index in [9.17, 15) is 4.79 Å². The minimum absolute atomic E-state index is 0.103. The lowest BCUT2D eigenvalue weighted by Gasteiger charge is -2.29. The second kappa shape index (κ2) is 8.60. The smallest absolute Gasteiger partial charge is 0.239 e. The number of carbonyl (C=O) groups is 1. The number of nitrogens with one attached hydrogen (secondary N) is 1. The standard InChI is InChI=1S/C22H29N7O2/c1-14-11-15(2)29(26-14)19-12-18(24-22(25-19)17-9-8-16(3)31-17)23-20(30)13-28-10-6-7-21(28)27(4)5/h8-9,11-12,21H,6-7,10,13H2,1-5H3,(H,23,24,25,30). The maximum absolute atomic E-state index is 12.8. The average molecular weight is 424 g/mol. The Labute approximate surface area is 182 Å². The van der Waals surface area contributed by atoms with Crippen LogP contribution in [-0.4, -0.2) is 68.8 Å². The summed E-state index contributed by atoms with van der Waals surface area (Å²) < 4.78 is 7.47. The molecule has 0 spiro atoms. The van der Waals surface area contributed by atoms with Gasteiger partial charge in [0.15, 0.2) is 17.4 Å². The number of aryl methyl sites for hydroxylation is 3. The third-order valence-electron chi connectivity index (χ3n) is 5.44. The molecule has 0 saturated carbocycles. The van der Waals surface area contributed by atoms with Gasteiger partial charge in [-0.05, 0) is 65.9 Å². The van der Waals surface area contributed by atoms with Crippen LogP contribution in [0.25, 0.3) is 17.4 Å². The molecule has 1 aliphatic rings. The van der Waals surface area contributed by atoms with Gasteiger partial charge in [0.05, 0.1) is 18.4 Å². The summed E-state index contributed by atoms with van der Waals surface area (Å²) in [6, 6.07) is 7.41. The highest BCUT2D eigenvalue weighted by atomic mass is 16.3. The van der Waals surface area contributed by atoms with Crippen molar-refractivity contribution in [3.63, 3.8) is 0 Å². The first-order valence-corrected chi connectivity index (χ1v) is 10.5. The normalized spacial score (nSPS) is 16.9. The number of furan rings is 1. The molecular formula is C22H29N7O2. The van der Waals surface area contributed by atoms with E-state index >= 15 is 0 Å². The number of carbonyl (C=O) groups excluding carboxylic acids is 1. The Morgan fingerprint density at radius 3 is 2.68 bits per heavy atom. The minimum Gasteiger partial charge on any atom is -0.458 e. The van der Waals surface area contributed by atoms with Gasteiger partial charge in [0.1, 0.15) is 11.6 Å². The number of amides is 1. The Kier molecular flexibility index (Phi) is 5.88. The molecule has 1 amide bonds. The summed E-state index contributed by atoms with van der Waals surface area (Å²) in [6.07, 6.45) is 2.44. The van der Waals surface area contributed by atoms with Crippen LogP contribution < -0.4 is 5.32 Å². The molecule has 9 heteroatoms. The molecule has 4 rings (SSSR count). The van der Waals surface area contributed by atoms with Crippen LogP contribution in [-0.2, 0) is 4.79 Å². The molecule has 164 valence electrons. The molecule has 1 unspecified atom stereocenters. The summed E-state index contributed by atoms with van der Waals surface area (Å²) in [6.45, 7) is 6.99. The van der Waals surface area contributed by atoms with E-state index in [0.717, 1.165) is 36.5 Å². The van der Waals surface area contributed by atoms with Gasteiger partial charge in [0.25, 0.3) is 0 Å². The van der Waals surface area contributed by atoms with Crippen LogP contribution in [0.2, 0.25) is 0 Å². The minimum atomic E-state index is -0.103. The summed E-state index contributed by atoms with van der Waals surface area (Å²) in [5.41, 5.74) is 1.83. The lowest BCUT2D eigenvalue weighted by molar-refractivity contribution is -0.118. The van der Waals surface area contributed by atoms with Crippen molar-refractivity contribution in [3.05, 3.63) is 41.4 Å². The fraction of sp³-hybridized carbons (Fsp3) is 0.455. The van der Waals surface area contributed by atoms with E-state index in [1.165, 1.54) is 0 Å². The number of rotatable bonds is 6. The fourth-order valence-corrected chi connectivity index (χ4v) is 4.08. The lowest BCUT2D eigenvalue weighted by atomic mass is 10.3. The molecule has 1 saturated heterocycles. The van der Waals surface area contributed by atoms with Crippen LogP contribution >= 0.6 is 0 Å². The highest BCUT2D eigenvalue weighted by Gasteiger charge is 2.27. The molecule has 3 aromatic heterocycles. The first kappa shape index (κ1) is 21.2. The van der Waals surface area contributed by atoms with Crippen molar-refractivity contribution in [2.24, 2.45) is 0 Å². The predicted molar refractivity (Wildman–Crippen MR) is 118 cm³/mol. The van der Waals surface area contributed by atoms with Gasteiger partial charge in [0, 0.05) is 18.3 Å². The molecule has 0 aromatic carbocycles. The number of hydrogen-bond donors (Lipinski definition) is 1. The first-order chi connectivity index (χ1) is 14.8. The number of aromatic nitrogens is 4. The van der Waals surface area contributed by atoms with Gasteiger partial charge < -0.3 is 9.73 Å². The molecule has 1 N–H and O–H groups in total. The van der Waals surface area contributed by atoms with Crippen LogP contribution in [0.1, 0.15) is 30.0 Å². The molecule has 3 aromatic rings. The SMILES string of the molecule is Cc1cc(C)n(-c2cc(NC(=O)CN3CCCC3N(C)C)nc(-c3ccc(C)o3)n2)n1. The van der Waals surface area contributed by atoms with Crippen molar-refractivity contribution >= 4 is 11.7 Å². The topological polar surface area (TPSA) is 92.3 Å². The summed E-state index contributed by atoms with van der Waals surface area (Å²) in [5, 5.41) is 7.47. The van der Waals surface area contributed by atoms with Crippen LogP contribution in [0.5, 0.6) is 0 Å². The van der Waals surface area contributed by atoms with Crippen molar-refractivity contribution in [2.45, 2.75) is 39.8 Å². The second-order valence-corrected chi connectivity index (χ2v) is 8.29. The van der Waals surface area contributed by atoms with E-state index in [0.29, 0.717) is 29.8 Å². The molecule has 9 nitrogen and oxygen atoms in total. The zero-order chi connectivity index (χ0) is 22.1. The van der Waals surface area contributed by atoms with E-state index in [2.05, 4.69) is 30.2 Å². The molecule has 0 bridgehead atoms. The largest absolute Gasteiger partial charge is 0.458 e. The Morgan fingerprint density at radius 1 is 1.23 bits per heavy atom. The zero-order valence-corrected chi connectivity index (χ0v) is 18.7.